The molecule has 0 unspecified atom stereocenters. The van der Waals surface area contributed by atoms with Crippen molar-refractivity contribution in [3.05, 3.63) is 109 Å². The molecule has 1 amide bonds. The van der Waals surface area contributed by atoms with Crippen molar-refractivity contribution < 1.29 is 19.4 Å². The second-order valence-electron chi connectivity index (χ2n) is 6.76. The van der Waals surface area contributed by atoms with Crippen molar-refractivity contribution in [1.29, 1.82) is 0 Å². The largest absolute Gasteiger partial charge is 0.478 e. The van der Waals surface area contributed by atoms with Gasteiger partial charge >= 0.3 is 5.97 Å². The summed E-state index contributed by atoms with van der Waals surface area (Å²) in [6.07, 6.45) is 0.621. The Balaban J connectivity index is 1.83. The highest BCUT2D eigenvalue weighted by Crippen LogP contribution is 2.37. The van der Waals surface area contributed by atoms with E-state index in [1.54, 1.807) is 30.3 Å². The zero-order valence-electron chi connectivity index (χ0n) is 16.5. The van der Waals surface area contributed by atoms with E-state index >= 15 is 0 Å². The Hall–Kier alpha value is -4.38. The molecule has 0 radical (unpaired) electrons. The highest BCUT2D eigenvalue weighted by atomic mass is 16.5. The Morgan fingerprint density at radius 1 is 0.742 bits per heavy atom. The molecule has 0 aliphatic rings. The number of nitrogens with zero attached hydrogens (tertiary/aromatic N) is 1. The van der Waals surface area contributed by atoms with Crippen LogP contribution in [-0.2, 0) is 4.79 Å². The Bertz CT molecular complexity index is 1210. The van der Waals surface area contributed by atoms with Crippen LogP contribution in [0.3, 0.4) is 0 Å². The smallest absolute Gasteiger partial charge is 0.337 e. The van der Waals surface area contributed by atoms with Gasteiger partial charge in [0.05, 0.1) is 16.9 Å². The number of carbonyl (C=O) groups is 2. The first-order valence-corrected chi connectivity index (χ1v) is 9.66. The SMILES string of the molecule is O=CN(c1cc(Oc2ccccc2)ccc1C(=O)O)c1ccccc1-c1ccccc1. The van der Waals surface area contributed by atoms with Crippen molar-refractivity contribution in [3.8, 4) is 22.6 Å². The fourth-order valence-corrected chi connectivity index (χ4v) is 3.37. The lowest BCUT2D eigenvalue weighted by atomic mass is 10.0. The number of hydrogen-bond acceptors (Lipinski definition) is 3. The van der Waals surface area contributed by atoms with Gasteiger partial charge in [-0.05, 0) is 35.9 Å². The monoisotopic (exact) mass is 409 g/mol. The Labute approximate surface area is 179 Å². The van der Waals surface area contributed by atoms with Crippen LogP contribution in [0.25, 0.3) is 11.1 Å². The van der Waals surface area contributed by atoms with Gasteiger partial charge < -0.3 is 9.84 Å². The van der Waals surface area contributed by atoms with Gasteiger partial charge in [-0.1, -0.05) is 66.7 Å². The molecule has 0 saturated heterocycles. The summed E-state index contributed by atoms with van der Waals surface area (Å²) >= 11 is 0. The van der Waals surface area contributed by atoms with Crippen LogP contribution in [0, 0.1) is 0 Å². The van der Waals surface area contributed by atoms with Gasteiger partial charge in [0.15, 0.2) is 0 Å². The van der Waals surface area contributed by atoms with Gasteiger partial charge in [-0.25, -0.2) is 4.79 Å². The highest BCUT2D eigenvalue weighted by Gasteiger charge is 2.21. The second-order valence-corrected chi connectivity index (χ2v) is 6.76. The van der Waals surface area contributed by atoms with Gasteiger partial charge in [0.25, 0.3) is 0 Å². The van der Waals surface area contributed by atoms with Crippen molar-refractivity contribution in [1.82, 2.24) is 0 Å². The quantitative estimate of drug-likeness (QED) is 0.372. The molecule has 0 bridgehead atoms. The average molecular weight is 409 g/mol. The zero-order chi connectivity index (χ0) is 21.6. The topological polar surface area (TPSA) is 66.8 Å². The van der Waals surface area contributed by atoms with Crippen LogP contribution in [-0.4, -0.2) is 17.5 Å². The first-order valence-electron chi connectivity index (χ1n) is 9.66. The van der Waals surface area contributed by atoms with Crippen LogP contribution in [0.4, 0.5) is 11.4 Å². The molecule has 0 atom stereocenters. The van der Waals surface area contributed by atoms with E-state index in [0.29, 0.717) is 23.6 Å². The summed E-state index contributed by atoms with van der Waals surface area (Å²) in [5, 5.41) is 9.74. The predicted octanol–water partition coefficient (Wildman–Crippen LogP) is 6.14. The Morgan fingerprint density at radius 2 is 1.39 bits per heavy atom. The number of rotatable bonds is 7. The maximum Gasteiger partial charge on any atom is 0.337 e. The van der Waals surface area contributed by atoms with Crippen LogP contribution < -0.4 is 9.64 Å². The molecule has 31 heavy (non-hydrogen) atoms. The van der Waals surface area contributed by atoms with Crippen LogP contribution >= 0.6 is 0 Å². The molecule has 152 valence electrons. The number of para-hydroxylation sites is 2. The van der Waals surface area contributed by atoms with E-state index in [4.69, 9.17) is 4.74 Å². The lowest BCUT2D eigenvalue weighted by Gasteiger charge is -2.23. The minimum Gasteiger partial charge on any atom is -0.478 e. The molecule has 0 aliphatic carbocycles. The summed E-state index contributed by atoms with van der Waals surface area (Å²) in [4.78, 5) is 25.5. The van der Waals surface area contributed by atoms with E-state index in [9.17, 15) is 14.7 Å². The van der Waals surface area contributed by atoms with Crippen LogP contribution in [0.15, 0.2) is 103 Å². The maximum atomic E-state index is 12.2. The lowest BCUT2D eigenvalue weighted by Crippen LogP contribution is -2.18. The molecular weight excluding hydrogens is 390 g/mol. The molecule has 0 aliphatic heterocycles. The molecule has 4 aromatic carbocycles. The van der Waals surface area contributed by atoms with Gasteiger partial charge in [-0.15, -0.1) is 0 Å². The molecular formula is C26H19NO4. The number of carbonyl (C=O) groups excluding carboxylic acids is 1. The summed E-state index contributed by atoms with van der Waals surface area (Å²) in [5.74, 6) is -0.0978. The molecule has 1 N–H and O–H groups in total. The van der Waals surface area contributed by atoms with Gasteiger partial charge in [0.2, 0.25) is 6.41 Å². The molecule has 0 aromatic heterocycles. The number of ether oxygens (including phenoxy) is 1. The summed E-state index contributed by atoms with van der Waals surface area (Å²) in [6.45, 7) is 0. The van der Waals surface area contributed by atoms with Crippen LogP contribution in [0.2, 0.25) is 0 Å². The molecule has 5 heteroatoms. The molecule has 4 rings (SSSR count). The highest BCUT2D eigenvalue weighted by molar-refractivity contribution is 6.02. The number of anilines is 2. The van der Waals surface area contributed by atoms with Crippen LogP contribution in [0.1, 0.15) is 10.4 Å². The summed E-state index contributed by atoms with van der Waals surface area (Å²) in [5.41, 5.74) is 2.51. The van der Waals surface area contributed by atoms with E-state index in [2.05, 4.69) is 0 Å². The van der Waals surface area contributed by atoms with Crippen molar-refractivity contribution in [3.63, 3.8) is 0 Å². The normalized spacial score (nSPS) is 10.3. The summed E-state index contributed by atoms with van der Waals surface area (Å²) in [7, 11) is 0. The minimum absolute atomic E-state index is 0.00428. The molecule has 0 heterocycles. The van der Waals surface area contributed by atoms with Gasteiger partial charge in [-0.2, -0.15) is 0 Å². The molecule has 0 spiro atoms. The van der Waals surface area contributed by atoms with Crippen molar-refractivity contribution in [2.45, 2.75) is 0 Å². The van der Waals surface area contributed by atoms with Crippen LogP contribution in [0.5, 0.6) is 11.5 Å². The van der Waals surface area contributed by atoms with Gasteiger partial charge in [0, 0.05) is 11.6 Å². The average Bonchev–Trinajstić information content (AvgIpc) is 2.81. The zero-order valence-corrected chi connectivity index (χ0v) is 16.5. The van der Waals surface area contributed by atoms with Crippen molar-refractivity contribution >= 4 is 23.8 Å². The third-order valence-electron chi connectivity index (χ3n) is 4.79. The second kappa shape index (κ2) is 8.97. The third-order valence-corrected chi connectivity index (χ3v) is 4.79. The number of amides is 1. The lowest BCUT2D eigenvalue weighted by molar-refractivity contribution is -0.106. The van der Waals surface area contributed by atoms with Crippen molar-refractivity contribution in [2.24, 2.45) is 0 Å². The number of carboxylic acids is 1. The minimum atomic E-state index is -1.13. The standard InChI is InChI=1S/C26H19NO4/c28-18-27(24-14-8-7-13-22(24)19-9-3-1-4-10-19)25-17-21(15-16-23(25)26(29)30)31-20-11-5-2-6-12-20/h1-18H,(H,29,30). The van der Waals surface area contributed by atoms with E-state index in [1.807, 2.05) is 66.7 Å². The fraction of sp³-hybridized carbons (Fsp3) is 0. The summed E-state index contributed by atoms with van der Waals surface area (Å²) in [6, 6.07) is 30.7. The molecule has 4 aromatic rings. The Kier molecular flexibility index (Phi) is 5.76. The predicted molar refractivity (Wildman–Crippen MR) is 120 cm³/mol. The van der Waals surface area contributed by atoms with Crippen molar-refractivity contribution in [2.75, 3.05) is 4.90 Å². The fourth-order valence-electron chi connectivity index (χ4n) is 3.37. The van der Waals surface area contributed by atoms with E-state index in [0.717, 1.165) is 11.1 Å². The number of benzene rings is 4. The first-order chi connectivity index (χ1) is 15.2. The van der Waals surface area contributed by atoms with Gasteiger partial charge in [0.1, 0.15) is 11.5 Å². The van der Waals surface area contributed by atoms with E-state index in [-0.39, 0.29) is 11.3 Å². The number of aromatic carboxylic acids is 1. The maximum absolute atomic E-state index is 12.2. The van der Waals surface area contributed by atoms with E-state index in [1.165, 1.54) is 11.0 Å². The van der Waals surface area contributed by atoms with E-state index < -0.39 is 5.97 Å². The number of carboxylic acid groups (broad SMARTS) is 1. The number of hydrogen-bond donors (Lipinski definition) is 1. The molecule has 0 fully saturated rings. The third kappa shape index (κ3) is 4.31. The Morgan fingerprint density at radius 3 is 2.06 bits per heavy atom. The first kappa shape index (κ1) is 19.9. The van der Waals surface area contributed by atoms with Gasteiger partial charge in [-0.3, -0.25) is 9.69 Å². The summed E-state index contributed by atoms with van der Waals surface area (Å²) < 4.78 is 5.86. The molecule has 5 nitrogen and oxygen atoms in total. The molecule has 0 saturated carbocycles.